The number of nitrogens with two attached hydrogens (primary N) is 1. The molecule has 0 aromatic carbocycles. The Hall–Kier alpha value is -0.680. The third-order valence-corrected chi connectivity index (χ3v) is 4.44. The maximum absolute atomic E-state index is 5.76. The van der Waals surface area contributed by atoms with Gasteiger partial charge in [-0.1, -0.05) is 0 Å². The first-order valence-electron chi connectivity index (χ1n) is 5.25. The molecule has 1 unspecified atom stereocenters. The molecule has 6 heteroatoms. The molecule has 2 rings (SSSR count). The minimum Gasteiger partial charge on any atom is -0.394 e. The maximum Gasteiger partial charge on any atom is 0.224 e. The summed E-state index contributed by atoms with van der Waals surface area (Å²) in [6.45, 7) is 3.12. The number of aromatic nitrogens is 2. The number of anilines is 2. The zero-order chi connectivity index (χ0) is 11.6. The van der Waals surface area contributed by atoms with Crippen molar-refractivity contribution in [2.24, 2.45) is 0 Å². The van der Waals surface area contributed by atoms with E-state index in [4.69, 9.17) is 17.3 Å². The summed E-state index contributed by atoms with van der Waals surface area (Å²) in [6.07, 6.45) is 4.04. The van der Waals surface area contributed by atoms with E-state index >= 15 is 0 Å². The zero-order valence-corrected chi connectivity index (χ0v) is 10.7. The van der Waals surface area contributed by atoms with Crippen molar-refractivity contribution in [2.45, 2.75) is 24.5 Å². The Kier molecular flexibility index (Phi) is 3.44. The average molecular weight is 259 g/mol. The molecule has 0 radical (unpaired) electrons. The predicted octanol–water partition coefficient (Wildman–Crippen LogP) is 2.41. The number of hydrogen-bond acceptors (Lipinski definition) is 5. The molecule has 0 spiro atoms. The Morgan fingerprint density at radius 3 is 3.19 bits per heavy atom. The van der Waals surface area contributed by atoms with Crippen LogP contribution >= 0.6 is 23.4 Å². The van der Waals surface area contributed by atoms with E-state index in [2.05, 4.69) is 22.2 Å². The van der Waals surface area contributed by atoms with Gasteiger partial charge in [0.2, 0.25) is 5.28 Å². The summed E-state index contributed by atoms with van der Waals surface area (Å²) in [7, 11) is 0. The molecule has 1 aromatic heterocycles. The largest absolute Gasteiger partial charge is 0.394 e. The summed E-state index contributed by atoms with van der Waals surface area (Å²) in [5.41, 5.74) is 6.30. The number of halogens is 1. The lowest BCUT2D eigenvalue weighted by molar-refractivity contribution is 0.634. The van der Waals surface area contributed by atoms with Crippen molar-refractivity contribution >= 4 is 34.9 Å². The van der Waals surface area contributed by atoms with Crippen molar-refractivity contribution in [1.82, 2.24) is 9.97 Å². The fraction of sp³-hybridized carbons (Fsp3) is 0.600. The normalized spacial score (nSPS) is 24.6. The van der Waals surface area contributed by atoms with Crippen LogP contribution in [0.15, 0.2) is 6.20 Å². The van der Waals surface area contributed by atoms with Gasteiger partial charge < -0.3 is 11.1 Å². The van der Waals surface area contributed by atoms with E-state index in [0.29, 0.717) is 11.5 Å². The first-order valence-corrected chi connectivity index (χ1v) is 6.61. The molecule has 0 amide bonds. The Bertz CT molecular complexity index is 379. The highest BCUT2D eigenvalue weighted by Gasteiger charge is 2.29. The fourth-order valence-electron chi connectivity index (χ4n) is 1.76. The van der Waals surface area contributed by atoms with Crippen LogP contribution < -0.4 is 11.1 Å². The van der Waals surface area contributed by atoms with Crippen molar-refractivity contribution < 1.29 is 0 Å². The van der Waals surface area contributed by atoms with Crippen molar-refractivity contribution in [2.75, 3.05) is 23.3 Å². The molecule has 0 saturated carbocycles. The van der Waals surface area contributed by atoms with E-state index in [1.165, 1.54) is 24.8 Å². The van der Waals surface area contributed by atoms with Gasteiger partial charge in [-0.05, 0) is 37.1 Å². The topological polar surface area (TPSA) is 63.8 Å². The molecular weight excluding hydrogens is 244 g/mol. The lowest BCUT2D eigenvalue weighted by Crippen LogP contribution is -2.27. The van der Waals surface area contributed by atoms with Crippen molar-refractivity contribution in [3.05, 3.63) is 11.5 Å². The van der Waals surface area contributed by atoms with E-state index in [1.807, 2.05) is 11.8 Å². The van der Waals surface area contributed by atoms with Crippen LogP contribution in [0, 0.1) is 0 Å². The van der Waals surface area contributed by atoms with Crippen LogP contribution in [0.1, 0.15) is 19.8 Å². The molecule has 1 atom stereocenters. The summed E-state index contributed by atoms with van der Waals surface area (Å²) >= 11 is 7.72. The van der Waals surface area contributed by atoms with Crippen LogP contribution in [0.3, 0.4) is 0 Å². The third-order valence-electron chi connectivity index (χ3n) is 2.72. The molecule has 2 heterocycles. The van der Waals surface area contributed by atoms with Gasteiger partial charge in [-0.3, -0.25) is 0 Å². The highest BCUT2D eigenvalue weighted by Crippen LogP contribution is 2.37. The molecule has 1 aliphatic heterocycles. The van der Waals surface area contributed by atoms with Gasteiger partial charge in [0.05, 0.1) is 11.9 Å². The van der Waals surface area contributed by atoms with Crippen LogP contribution in [0.5, 0.6) is 0 Å². The molecule has 1 aromatic rings. The summed E-state index contributed by atoms with van der Waals surface area (Å²) in [6, 6.07) is 0. The lowest BCUT2D eigenvalue weighted by Gasteiger charge is -2.23. The smallest absolute Gasteiger partial charge is 0.224 e. The van der Waals surface area contributed by atoms with E-state index in [0.717, 1.165) is 6.54 Å². The zero-order valence-electron chi connectivity index (χ0n) is 9.16. The monoisotopic (exact) mass is 258 g/mol. The third kappa shape index (κ3) is 2.71. The van der Waals surface area contributed by atoms with Crippen molar-refractivity contribution in [3.8, 4) is 0 Å². The lowest BCUT2D eigenvalue weighted by atomic mass is 10.1. The summed E-state index contributed by atoms with van der Waals surface area (Å²) < 4.78 is 0.282. The number of thioether (sulfide) groups is 1. The van der Waals surface area contributed by atoms with Gasteiger partial charge in [-0.2, -0.15) is 16.7 Å². The number of hydrogen-bond donors (Lipinski definition) is 2. The highest BCUT2D eigenvalue weighted by molar-refractivity contribution is 8.00. The fourth-order valence-corrected chi connectivity index (χ4v) is 3.14. The second-order valence-electron chi connectivity index (χ2n) is 4.20. The first kappa shape index (κ1) is 11.8. The minimum atomic E-state index is 0.223. The molecule has 0 aliphatic carbocycles. The van der Waals surface area contributed by atoms with Crippen molar-refractivity contribution in [3.63, 3.8) is 0 Å². The van der Waals surface area contributed by atoms with Gasteiger partial charge in [0.25, 0.3) is 0 Å². The van der Waals surface area contributed by atoms with Crippen LogP contribution in [0.25, 0.3) is 0 Å². The van der Waals surface area contributed by atoms with E-state index in [1.54, 1.807) is 0 Å². The first-order chi connectivity index (χ1) is 7.59. The summed E-state index contributed by atoms with van der Waals surface area (Å²) in [5.74, 6) is 1.87. The average Bonchev–Trinajstić information content (AvgIpc) is 2.67. The molecule has 1 saturated heterocycles. The molecule has 4 nitrogen and oxygen atoms in total. The number of nitrogen functional groups attached to an aromatic ring is 1. The molecule has 16 heavy (non-hydrogen) atoms. The summed E-state index contributed by atoms with van der Waals surface area (Å²) in [4.78, 5) is 7.89. The molecule has 88 valence electrons. The Morgan fingerprint density at radius 1 is 1.69 bits per heavy atom. The number of rotatable bonds is 3. The Labute approximate surface area is 104 Å². The molecular formula is C10H15ClN4S. The molecule has 0 bridgehead atoms. The van der Waals surface area contributed by atoms with Gasteiger partial charge in [0.15, 0.2) is 5.82 Å². The van der Waals surface area contributed by atoms with Crippen LogP contribution in [-0.4, -0.2) is 27.0 Å². The predicted molar refractivity (Wildman–Crippen MR) is 70.0 cm³/mol. The number of nitrogens with zero attached hydrogens (tertiary/aromatic N) is 2. The van der Waals surface area contributed by atoms with Crippen LogP contribution in [-0.2, 0) is 0 Å². The Balaban J connectivity index is 2.01. The van der Waals surface area contributed by atoms with Gasteiger partial charge in [-0.25, -0.2) is 4.98 Å². The SMILES string of the molecule is CC1(CNc2nc(Cl)ncc2N)CCCS1. The second kappa shape index (κ2) is 4.67. The maximum atomic E-state index is 5.76. The van der Waals surface area contributed by atoms with E-state index in [9.17, 15) is 0 Å². The van der Waals surface area contributed by atoms with Gasteiger partial charge in [-0.15, -0.1) is 0 Å². The molecule has 3 N–H and O–H groups in total. The second-order valence-corrected chi connectivity index (χ2v) is 6.22. The van der Waals surface area contributed by atoms with Crippen LogP contribution in [0.2, 0.25) is 5.28 Å². The summed E-state index contributed by atoms with van der Waals surface area (Å²) in [5, 5.41) is 3.48. The van der Waals surface area contributed by atoms with Gasteiger partial charge >= 0.3 is 0 Å². The van der Waals surface area contributed by atoms with E-state index in [-0.39, 0.29) is 10.0 Å². The van der Waals surface area contributed by atoms with Crippen LogP contribution in [0.4, 0.5) is 11.5 Å². The van der Waals surface area contributed by atoms with E-state index < -0.39 is 0 Å². The standard InChI is InChI=1S/C10H15ClN4S/c1-10(3-2-4-16-10)6-14-8-7(12)5-13-9(11)15-8/h5H,2-4,6,12H2,1H3,(H,13,14,15). The van der Waals surface area contributed by atoms with Crippen molar-refractivity contribution in [1.29, 1.82) is 0 Å². The molecule has 1 aliphatic rings. The van der Waals surface area contributed by atoms with Gasteiger partial charge in [0, 0.05) is 11.3 Å². The quantitative estimate of drug-likeness (QED) is 0.816. The molecule has 1 fully saturated rings. The Morgan fingerprint density at radius 2 is 2.50 bits per heavy atom. The highest BCUT2D eigenvalue weighted by atomic mass is 35.5. The number of nitrogens with one attached hydrogen (secondary N) is 1. The minimum absolute atomic E-state index is 0.223. The van der Waals surface area contributed by atoms with Gasteiger partial charge in [0.1, 0.15) is 0 Å².